The highest BCUT2D eigenvalue weighted by atomic mass is 15.0. The second-order valence-electron chi connectivity index (χ2n) is 3.19. The first kappa shape index (κ1) is 9.99. The molecule has 13 heavy (non-hydrogen) atoms. The van der Waals surface area contributed by atoms with E-state index in [1.807, 2.05) is 25.3 Å². The predicted octanol–water partition coefficient (Wildman–Crippen LogP) is 1.92. The fourth-order valence-corrected chi connectivity index (χ4v) is 1.03. The van der Waals surface area contributed by atoms with Crippen molar-refractivity contribution in [1.29, 1.82) is 0 Å². The summed E-state index contributed by atoms with van der Waals surface area (Å²) in [6.07, 6.45) is 2.93. The monoisotopic (exact) mass is 179 g/mol. The standard InChI is InChI=1S/C10H17N3/c1-3-6-12-10-5-4-9(7-13-10)8(2)11/h4-5,7-8H,3,6,11H2,1-2H3,(H,12,13)/t8-/m0/s1. The first-order chi connectivity index (χ1) is 6.24. The van der Waals surface area contributed by atoms with Crippen molar-refractivity contribution in [2.75, 3.05) is 11.9 Å². The van der Waals surface area contributed by atoms with Gasteiger partial charge in [-0.05, 0) is 25.0 Å². The molecule has 3 heteroatoms. The number of nitrogens with zero attached hydrogens (tertiary/aromatic N) is 1. The van der Waals surface area contributed by atoms with Crippen LogP contribution in [0.25, 0.3) is 0 Å². The molecule has 0 aliphatic rings. The molecule has 0 aliphatic carbocycles. The van der Waals surface area contributed by atoms with Crippen LogP contribution in [-0.2, 0) is 0 Å². The van der Waals surface area contributed by atoms with Gasteiger partial charge in [-0.15, -0.1) is 0 Å². The Balaban J connectivity index is 2.59. The van der Waals surface area contributed by atoms with E-state index in [4.69, 9.17) is 5.73 Å². The van der Waals surface area contributed by atoms with Gasteiger partial charge >= 0.3 is 0 Å². The van der Waals surface area contributed by atoms with Gasteiger partial charge in [0.2, 0.25) is 0 Å². The maximum Gasteiger partial charge on any atom is 0.125 e. The molecule has 0 radical (unpaired) electrons. The highest BCUT2D eigenvalue weighted by Crippen LogP contribution is 2.10. The Kier molecular flexibility index (Phi) is 3.71. The lowest BCUT2D eigenvalue weighted by Crippen LogP contribution is -2.06. The number of hydrogen-bond acceptors (Lipinski definition) is 3. The van der Waals surface area contributed by atoms with Crippen LogP contribution in [0.15, 0.2) is 18.3 Å². The van der Waals surface area contributed by atoms with Gasteiger partial charge in [-0.1, -0.05) is 13.0 Å². The van der Waals surface area contributed by atoms with Crippen molar-refractivity contribution >= 4 is 5.82 Å². The molecule has 1 rings (SSSR count). The Labute approximate surface area is 79.4 Å². The van der Waals surface area contributed by atoms with Crippen molar-refractivity contribution in [1.82, 2.24) is 4.98 Å². The third-order valence-corrected chi connectivity index (χ3v) is 1.87. The van der Waals surface area contributed by atoms with Gasteiger partial charge in [-0.2, -0.15) is 0 Å². The normalized spacial score (nSPS) is 12.5. The van der Waals surface area contributed by atoms with Crippen LogP contribution in [0.4, 0.5) is 5.82 Å². The number of anilines is 1. The average molecular weight is 179 g/mol. The molecule has 0 saturated heterocycles. The van der Waals surface area contributed by atoms with Gasteiger partial charge in [-0.3, -0.25) is 0 Å². The number of nitrogens with two attached hydrogens (primary N) is 1. The van der Waals surface area contributed by atoms with Gasteiger partial charge in [-0.25, -0.2) is 4.98 Å². The third-order valence-electron chi connectivity index (χ3n) is 1.87. The molecule has 0 saturated carbocycles. The molecule has 72 valence electrons. The maximum absolute atomic E-state index is 5.70. The van der Waals surface area contributed by atoms with Crippen LogP contribution in [-0.4, -0.2) is 11.5 Å². The first-order valence-corrected chi connectivity index (χ1v) is 4.69. The Hall–Kier alpha value is -1.09. The molecular formula is C10H17N3. The molecule has 0 spiro atoms. The van der Waals surface area contributed by atoms with Crippen LogP contribution in [0.2, 0.25) is 0 Å². The molecular weight excluding hydrogens is 162 g/mol. The highest BCUT2D eigenvalue weighted by molar-refractivity contribution is 5.35. The largest absolute Gasteiger partial charge is 0.370 e. The Bertz CT molecular complexity index is 241. The number of hydrogen-bond donors (Lipinski definition) is 2. The zero-order valence-corrected chi connectivity index (χ0v) is 8.25. The maximum atomic E-state index is 5.70. The highest BCUT2D eigenvalue weighted by Gasteiger charge is 1.98. The van der Waals surface area contributed by atoms with Crippen LogP contribution >= 0.6 is 0 Å². The fourth-order valence-electron chi connectivity index (χ4n) is 1.03. The Morgan fingerprint density at radius 1 is 1.54 bits per heavy atom. The van der Waals surface area contributed by atoms with Crippen LogP contribution in [0.5, 0.6) is 0 Å². The van der Waals surface area contributed by atoms with Crippen molar-refractivity contribution in [3.05, 3.63) is 23.9 Å². The van der Waals surface area contributed by atoms with Crippen LogP contribution < -0.4 is 11.1 Å². The summed E-state index contributed by atoms with van der Waals surface area (Å²) in [5.41, 5.74) is 6.77. The summed E-state index contributed by atoms with van der Waals surface area (Å²) in [5, 5.41) is 3.21. The number of aromatic nitrogens is 1. The van der Waals surface area contributed by atoms with E-state index < -0.39 is 0 Å². The number of rotatable bonds is 4. The van der Waals surface area contributed by atoms with E-state index in [2.05, 4.69) is 17.2 Å². The van der Waals surface area contributed by atoms with Gasteiger partial charge in [0.1, 0.15) is 5.82 Å². The Morgan fingerprint density at radius 3 is 2.77 bits per heavy atom. The summed E-state index contributed by atoms with van der Waals surface area (Å²) in [5.74, 6) is 0.922. The van der Waals surface area contributed by atoms with Crippen LogP contribution in [0, 0.1) is 0 Å². The van der Waals surface area contributed by atoms with E-state index in [1.165, 1.54) is 0 Å². The summed E-state index contributed by atoms with van der Waals surface area (Å²) >= 11 is 0. The molecule has 0 aliphatic heterocycles. The van der Waals surface area contributed by atoms with Crippen molar-refractivity contribution in [2.24, 2.45) is 5.73 Å². The minimum absolute atomic E-state index is 0.0627. The molecule has 1 aromatic heterocycles. The fraction of sp³-hybridized carbons (Fsp3) is 0.500. The molecule has 0 aromatic carbocycles. The minimum Gasteiger partial charge on any atom is -0.370 e. The zero-order chi connectivity index (χ0) is 9.68. The summed E-state index contributed by atoms with van der Waals surface area (Å²) in [4.78, 5) is 4.25. The molecule has 0 fully saturated rings. The molecule has 1 aromatic rings. The van der Waals surface area contributed by atoms with E-state index in [0.29, 0.717) is 0 Å². The number of pyridine rings is 1. The second kappa shape index (κ2) is 4.82. The molecule has 3 N–H and O–H groups in total. The van der Waals surface area contributed by atoms with Gasteiger partial charge in [0.15, 0.2) is 0 Å². The minimum atomic E-state index is 0.0627. The lowest BCUT2D eigenvalue weighted by Gasteiger charge is -2.07. The Morgan fingerprint density at radius 2 is 2.31 bits per heavy atom. The average Bonchev–Trinajstić information content (AvgIpc) is 2.15. The van der Waals surface area contributed by atoms with Crippen LogP contribution in [0.3, 0.4) is 0 Å². The smallest absolute Gasteiger partial charge is 0.125 e. The van der Waals surface area contributed by atoms with Gasteiger partial charge in [0, 0.05) is 18.8 Å². The van der Waals surface area contributed by atoms with Gasteiger partial charge < -0.3 is 11.1 Å². The molecule has 3 nitrogen and oxygen atoms in total. The second-order valence-corrected chi connectivity index (χ2v) is 3.19. The molecule has 1 heterocycles. The van der Waals surface area contributed by atoms with Crippen LogP contribution in [0.1, 0.15) is 31.9 Å². The summed E-state index contributed by atoms with van der Waals surface area (Å²) in [6.45, 7) is 5.05. The summed E-state index contributed by atoms with van der Waals surface area (Å²) in [6, 6.07) is 4.04. The topological polar surface area (TPSA) is 50.9 Å². The lowest BCUT2D eigenvalue weighted by atomic mass is 10.1. The SMILES string of the molecule is CCCNc1ccc([C@H](C)N)cn1. The van der Waals surface area contributed by atoms with Gasteiger partial charge in [0.25, 0.3) is 0 Å². The molecule has 0 unspecified atom stereocenters. The first-order valence-electron chi connectivity index (χ1n) is 4.69. The lowest BCUT2D eigenvalue weighted by molar-refractivity contribution is 0.811. The van der Waals surface area contributed by atoms with Crippen molar-refractivity contribution in [3.8, 4) is 0 Å². The van der Waals surface area contributed by atoms with Crippen molar-refractivity contribution in [3.63, 3.8) is 0 Å². The van der Waals surface area contributed by atoms with E-state index in [9.17, 15) is 0 Å². The molecule has 1 atom stereocenters. The van der Waals surface area contributed by atoms with E-state index >= 15 is 0 Å². The number of nitrogens with one attached hydrogen (secondary N) is 1. The zero-order valence-electron chi connectivity index (χ0n) is 8.25. The molecule has 0 amide bonds. The van der Waals surface area contributed by atoms with E-state index in [-0.39, 0.29) is 6.04 Å². The van der Waals surface area contributed by atoms with E-state index in [1.54, 1.807) is 0 Å². The molecule has 0 bridgehead atoms. The quantitative estimate of drug-likeness (QED) is 0.742. The van der Waals surface area contributed by atoms with Gasteiger partial charge in [0.05, 0.1) is 0 Å². The van der Waals surface area contributed by atoms with Crippen molar-refractivity contribution < 1.29 is 0 Å². The van der Waals surface area contributed by atoms with Crippen molar-refractivity contribution in [2.45, 2.75) is 26.3 Å². The predicted molar refractivity (Wildman–Crippen MR) is 55.6 cm³/mol. The summed E-state index contributed by atoms with van der Waals surface area (Å²) in [7, 11) is 0. The summed E-state index contributed by atoms with van der Waals surface area (Å²) < 4.78 is 0. The third kappa shape index (κ3) is 3.03. The van der Waals surface area contributed by atoms with E-state index in [0.717, 1.165) is 24.3 Å².